The van der Waals surface area contributed by atoms with Crippen molar-refractivity contribution in [2.24, 2.45) is 0 Å². The van der Waals surface area contributed by atoms with Gasteiger partial charge in [-0.3, -0.25) is 0 Å². The van der Waals surface area contributed by atoms with E-state index in [0.29, 0.717) is 6.07 Å². The predicted octanol–water partition coefficient (Wildman–Crippen LogP) is -0.952. The number of carbonyl (C=O) groups is 1. The Bertz CT molecular complexity index is 383. The molecule has 1 N–H and O–H groups in total. The first-order valence-electron chi connectivity index (χ1n) is 3.54. The molecule has 2 nitrogen and oxygen atoms in total. The molecule has 0 radical (unpaired) electrons. The van der Waals surface area contributed by atoms with Crippen molar-refractivity contribution in [3.63, 3.8) is 0 Å². The van der Waals surface area contributed by atoms with E-state index in [1.165, 1.54) is 6.07 Å². The third kappa shape index (κ3) is 4.74. The van der Waals surface area contributed by atoms with Crippen molar-refractivity contribution in [1.29, 1.82) is 0 Å². The molecule has 1 aromatic rings. The Balaban J connectivity index is 0.00000196. The number of rotatable bonds is 2. The maximum atomic E-state index is 12.3. The van der Waals surface area contributed by atoms with Crippen LogP contribution in [0.5, 0.6) is 0 Å². The third-order valence-electron chi connectivity index (χ3n) is 1.55. The zero-order valence-electron chi connectivity index (χ0n) is 7.68. The topological polar surface area (TPSA) is 37.3 Å². The first-order valence-corrected chi connectivity index (χ1v) is 4.62. The molecule has 0 aliphatic rings. The van der Waals surface area contributed by atoms with Crippen molar-refractivity contribution < 1.29 is 74.2 Å². The minimum Gasteiger partial charge on any atom is -0.478 e. The number of benzene rings is 1. The predicted molar refractivity (Wildman–Crippen MR) is 54.8 cm³/mol. The molecule has 0 aliphatic carbocycles. The van der Waals surface area contributed by atoms with Gasteiger partial charge in [0.15, 0.2) is 0 Å². The van der Waals surface area contributed by atoms with E-state index in [4.69, 9.17) is 5.11 Å². The zero-order valence-corrected chi connectivity index (χ0v) is 13.0. The second-order valence-electron chi connectivity index (χ2n) is 2.65. The van der Waals surface area contributed by atoms with Gasteiger partial charge < -0.3 is 18.1 Å². The maximum Gasteiger partial charge on any atom is 1.00 e. The molecule has 0 saturated heterocycles. The van der Waals surface area contributed by atoms with Gasteiger partial charge in [0.1, 0.15) is 0 Å². The number of carboxylic acid groups (broad SMARTS) is 1. The Kier molecular flexibility index (Phi) is 6.38. The molecule has 0 heterocycles. The summed E-state index contributed by atoms with van der Waals surface area (Å²) in [6.07, 6.45) is 0. The molecule has 8 heteroatoms. The van der Waals surface area contributed by atoms with Gasteiger partial charge in [-0.2, -0.15) is 0 Å². The van der Waals surface area contributed by atoms with E-state index in [9.17, 15) is 17.7 Å². The molecule has 0 fully saturated rings. The summed E-state index contributed by atoms with van der Waals surface area (Å²) < 4.78 is 37.1. The van der Waals surface area contributed by atoms with Gasteiger partial charge in [-0.05, 0) is 28.7 Å². The van der Waals surface area contributed by atoms with Crippen molar-refractivity contribution in [3.8, 4) is 0 Å². The molecule has 0 saturated carbocycles. The molecule has 1 aromatic carbocycles. The number of hydrogen-bond donors (Lipinski definition) is 1. The molecule has 76 valence electrons. The third-order valence-corrected chi connectivity index (χ3v) is 2.17. The summed E-state index contributed by atoms with van der Waals surface area (Å²) in [4.78, 5) is 10.5. The molecule has 0 unspecified atom stereocenters. The van der Waals surface area contributed by atoms with Gasteiger partial charge in [0.05, 0.1) is 5.56 Å². The van der Waals surface area contributed by atoms with Crippen LogP contribution in [0.15, 0.2) is 18.2 Å². The van der Waals surface area contributed by atoms with Crippen molar-refractivity contribution in [1.82, 2.24) is 0 Å². The molecule has 0 bridgehead atoms. The van der Waals surface area contributed by atoms with Gasteiger partial charge in [0.25, 0.3) is 0 Å². The normalized spacial score (nSPS) is 10.7. The molecule has 0 spiro atoms. The van der Waals surface area contributed by atoms with E-state index in [1.807, 2.05) is 0 Å². The van der Waals surface area contributed by atoms with Crippen LogP contribution < -0.4 is 56.8 Å². The van der Waals surface area contributed by atoms with Gasteiger partial charge in [0, 0.05) is 3.57 Å². The van der Waals surface area contributed by atoms with Crippen LogP contribution in [0.25, 0.3) is 0 Å². The number of carboxylic acids is 1. The summed E-state index contributed by atoms with van der Waals surface area (Å²) in [6.45, 7) is -5.14. The smallest absolute Gasteiger partial charge is 0.478 e. The molecular weight excluding hydrogens is 350 g/mol. The van der Waals surface area contributed by atoms with Crippen LogP contribution in [0, 0.1) is 3.57 Å². The van der Waals surface area contributed by atoms with E-state index < -0.39 is 18.4 Å². The van der Waals surface area contributed by atoms with E-state index in [2.05, 4.69) is 0 Å². The van der Waals surface area contributed by atoms with E-state index in [1.54, 1.807) is 22.6 Å². The Morgan fingerprint density at radius 3 is 2.20 bits per heavy atom. The number of hydrogen-bond acceptors (Lipinski definition) is 1. The van der Waals surface area contributed by atoms with Crippen molar-refractivity contribution in [2.75, 3.05) is 0 Å². The first-order chi connectivity index (χ1) is 6.30. The maximum absolute atomic E-state index is 12.3. The summed E-state index contributed by atoms with van der Waals surface area (Å²) in [5, 5.41) is 8.54. The average molecular weight is 354 g/mol. The summed E-state index contributed by atoms with van der Waals surface area (Å²) in [6, 6.07) is 2.76. The van der Waals surface area contributed by atoms with Crippen LogP contribution >= 0.6 is 22.6 Å². The van der Waals surface area contributed by atoms with Crippen molar-refractivity contribution >= 4 is 41.0 Å². The van der Waals surface area contributed by atoms with Crippen LogP contribution in [0.2, 0.25) is 0 Å². The van der Waals surface area contributed by atoms with Crippen molar-refractivity contribution in [3.05, 3.63) is 27.3 Å². The Morgan fingerprint density at radius 1 is 1.27 bits per heavy atom. The standard InChI is InChI=1S/C7H4BF3IO2.K/c9-8(10,11)5-1-4(7(13)14)2-6(12)3-5;/h1-3H,(H,13,14);/q-1;+1. The summed E-state index contributed by atoms with van der Waals surface area (Å²) in [5.41, 5.74) is -1.22. The quantitative estimate of drug-likeness (QED) is 0.550. The van der Waals surface area contributed by atoms with E-state index in [-0.39, 0.29) is 60.5 Å². The van der Waals surface area contributed by atoms with Gasteiger partial charge in [0.2, 0.25) is 0 Å². The Labute approximate surface area is 140 Å². The largest absolute Gasteiger partial charge is 1.00 e. The second kappa shape index (κ2) is 6.01. The van der Waals surface area contributed by atoms with E-state index >= 15 is 0 Å². The van der Waals surface area contributed by atoms with Crippen LogP contribution in [0.3, 0.4) is 0 Å². The average Bonchev–Trinajstić information content (AvgIpc) is 2.01. The monoisotopic (exact) mass is 354 g/mol. The molecular formula is C7H4BF3IKO2. The molecule has 0 aliphatic heterocycles. The van der Waals surface area contributed by atoms with Gasteiger partial charge >= 0.3 is 64.3 Å². The molecule has 0 aromatic heterocycles. The van der Waals surface area contributed by atoms with Crippen LogP contribution in [-0.2, 0) is 0 Å². The summed E-state index contributed by atoms with van der Waals surface area (Å²) in [5.74, 6) is -1.36. The molecule has 0 amide bonds. The fourth-order valence-corrected chi connectivity index (χ4v) is 1.62. The molecule has 0 atom stereocenters. The first kappa shape index (κ1) is 15.9. The van der Waals surface area contributed by atoms with Crippen LogP contribution in [0.4, 0.5) is 12.9 Å². The van der Waals surface area contributed by atoms with Gasteiger partial charge in [-0.1, -0.05) is 12.1 Å². The van der Waals surface area contributed by atoms with Crippen molar-refractivity contribution in [2.45, 2.75) is 0 Å². The van der Waals surface area contributed by atoms with Gasteiger partial charge in [-0.25, -0.2) is 4.79 Å². The summed E-state index contributed by atoms with van der Waals surface area (Å²) >= 11 is 1.65. The minimum atomic E-state index is -5.14. The van der Waals surface area contributed by atoms with Crippen LogP contribution in [-0.4, -0.2) is 18.1 Å². The fourth-order valence-electron chi connectivity index (χ4n) is 0.925. The number of aromatic carboxylic acids is 1. The Hall–Kier alpha value is 0.911. The SMILES string of the molecule is O=C(O)c1cc(I)cc([B-](F)(F)F)c1.[K+]. The molecule has 1 rings (SSSR count). The minimum absolute atomic E-state index is 0. The zero-order chi connectivity index (χ0) is 10.9. The van der Waals surface area contributed by atoms with Gasteiger partial charge in [-0.15, -0.1) is 5.46 Å². The van der Waals surface area contributed by atoms with E-state index in [0.717, 1.165) is 6.07 Å². The summed E-state index contributed by atoms with van der Waals surface area (Å²) in [7, 11) is 0. The van der Waals surface area contributed by atoms with Crippen LogP contribution in [0.1, 0.15) is 10.4 Å². The number of halogens is 4. The second-order valence-corrected chi connectivity index (χ2v) is 3.90. The molecule has 15 heavy (non-hydrogen) atoms. The Morgan fingerprint density at radius 2 is 1.80 bits per heavy atom. The fraction of sp³-hybridized carbons (Fsp3) is 0.